The van der Waals surface area contributed by atoms with Gasteiger partial charge >= 0.3 is 0 Å². The highest BCUT2D eigenvalue weighted by molar-refractivity contribution is 6.31. The minimum atomic E-state index is -0.507. The van der Waals surface area contributed by atoms with Gasteiger partial charge in [-0.3, -0.25) is 10.1 Å². The monoisotopic (exact) mass is 279 g/mol. The third kappa shape index (κ3) is 3.48. The molecule has 0 aliphatic rings. The zero-order valence-electron chi connectivity index (χ0n) is 10.2. The normalized spacial score (nSPS) is 10.3. The molecule has 1 amide bonds. The van der Waals surface area contributed by atoms with Crippen LogP contribution in [0.2, 0.25) is 5.02 Å². The first-order valence-electron chi connectivity index (χ1n) is 5.58. The molecule has 19 heavy (non-hydrogen) atoms. The lowest BCUT2D eigenvalue weighted by Crippen LogP contribution is -2.17. The molecule has 0 unspecified atom stereocenters. The van der Waals surface area contributed by atoms with Gasteiger partial charge in [-0.2, -0.15) is 0 Å². The first kappa shape index (κ1) is 13.4. The fourth-order valence-corrected chi connectivity index (χ4v) is 1.77. The van der Waals surface area contributed by atoms with Crippen LogP contribution in [-0.2, 0) is 11.2 Å². The number of nitrogens with one attached hydrogen (secondary N) is 1. The average molecular weight is 280 g/mol. The van der Waals surface area contributed by atoms with Crippen LogP contribution in [0.5, 0.6) is 0 Å². The molecule has 0 bridgehead atoms. The Kier molecular flexibility index (Phi) is 4.06. The van der Waals surface area contributed by atoms with Gasteiger partial charge in [0.15, 0.2) is 0 Å². The topological polar surface area (TPSA) is 54.9 Å². The molecule has 1 heterocycles. The molecule has 0 aliphatic heterocycles. The molecular formula is C13H11ClFN3O. The number of halogens is 2. The van der Waals surface area contributed by atoms with Crippen molar-refractivity contribution in [3.05, 3.63) is 52.6 Å². The Morgan fingerprint density at radius 3 is 2.89 bits per heavy atom. The molecule has 0 saturated carbocycles. The predicted molar refractivity (Wildman–Crippen MR) is 70.5 cm³/mol. The van der Waals surface area contributed by atoms with Gasteiger partial charge in [0.1, 0.15) is 5.82 Å². The maximum atomic E-state index is 13.5. The van der Waals surface area contributed by atoms with Crippen molar-refractivity contribution < 1.29 is 9.18 Å². The summed E-state index contributed by atoms with van der Waals surface area (Å²) in [7, 11) is 0. The second kappa shape index (κ2) is 5.75. The van der Waals surface area contributed by atoms with Crippen LogP contribution in [-0.4, -0.2) is 15.9 Å². The third-order valence-corrected chi connectivity index (χ3v) is 2.80. The first-order valence-corrected chi connectivity index (χ1v) is 5.96. The summed E-state index contributed by atoms with van der Waals surface area (Å²) < 4.78 is 13.5. The van der Waals surface area contributed by atoms with Crippen molar-refractivity contribution >= 4 is 23.5 Å². The fourth-order valence-electron chi connectivity index (χ4n) is 1.54. The number of aryl methyl sites for hydroxylation is 1. The predicted octanol–water partition coefficient (Wildman–Crippen LogP) is 2.76. The molecule has 4 nitrogen and oxygen atoms in total. The number of carbonyl (C=O) groups is 1. The molecule has 0 fully saturated rings. The quantitative estimate of drug-likeness (QED) is 0.940. The van der Waals surface area contributed by atoms with Crippen molar-refractivity contribution in [2.24, 2.45) is 0 Å². The summed E-state index contributed by atoms with van der Waals surface area (Å²) in [6.07, 6.45) is 1.37. The Morgan fingerprint density at radius 2 is 2.21 bits per heavy atom. The van der Waals surface area contributed by atoms with Crippen molar-refractivity contribution in [3.8, 4) is 0 Å². The van der Waals surface area contributed by atoms with Crippen LogP contribution in [0.1, 0.15) is 11.3 Å². The minimum Gasteiger partial charge on any atom is -0.294 e. The molecule has 0 atom stereocenters. The lowest BCUT2D eigenvalue weighted by atomic mass is 10.1. The lowest BCUT2D eigenvalue weighted by molar-refractivity contribution is -0.115. The van der Waals surface area contributed by atoms with Crippen LogP contribution in [0, 0.1) is 12.7 Å². The zero-order chi connectivity index (χ0) is 13.8. The smallest absolute Gasteiger partial charge is 0.231 e. The van der Waals surface area contributed by atoms with E-state index in [0.29, 0.717) is 0 Å². The van der Waals surface area contributed by atoms with E-state index in [1.54, 1.807) is 13.0 Å². The maximum Gasteiger partial charge on any atom is 0.231 e. The van der Waals surface area contributed by atoms with E-state index in [-0.39, 0.29) is 23.0 Å². The van der Waals surface area contributed by atoms with Crippen LogP contribution in [0.4, 0.5) is 10.3 Å². The summed E-state index contributed by atoms with van der Waals surface area (Å²) in [5.74, 6) is -0.733. The SMILES string of the molecule is Cc1ccnc(NC(=O)Cc2c(F)cccc2Cl)n1. The maximum absolute atomic E-state index is 13.5. The molecule has 98 valence electrons. The Hall–Kier alpha value is -2.01. The third-order valence-electron chi connectivity index (χ3n) is 2.45. The van der Waals surface area contributed by atoms with E-state index >= 15 is 0 Å². The summed E-state index contributed by atoms with van der Waals surface area (Å²) in [4.78, 5) is 19.7. The Labute approximate surface area is 114 Å². The highest BCUT2D eigenvalue weighted by Crippen LogP contribution is 2.19. The largest absolute Gasteiger partial charge is 0.294 e. The minimum absolute atomic E-state index is 0.161. The molecule has 2 rings (SSSR count). The van der Waals surface area contributed by atoms with Gasteiger partial charge in [-0.05, 0) is 25.1 Å². The summed E-state index contributed by atoms with van der Waals surface area (Å²) in [5.41, 5.74) is 0.892. The van der Waals surface area contributed by atoms with E-state index in [4.69, 9.17) is 11.6 Å². The number of hydrogen-bond donors (Lipinski definition) is 1. The Balaban J connectivity index is 2.10. The van der Waals surface area contributed by atoms with E-state index in [1.807, 2.05) is 0 Å². The molecule has 1 aromatic heterocycles. The summed E-state index contributed by atoms with van der Waals surface area (Å²) in [5, 5.41) is 2.72. The van der Waals surface area contributed by atoms with Crippen LogP contribution in [0.3, 0.4) is 0 Å². The molecular weight excluding hydrogens is 269 g/mol. The number of anilines is 1. The van der Waals surface area contributed by atoms with Crippen molar-refractivity contribution in [3.63, 3.8) is 0 Å². The highest BCUT2D eigenvalue weighted by Gasteiger charge is 2.12. The van der Waals surface area contributed by atoms with Crippen LogP contribution in [0.25, 0.3) is 0 Å². The van der Waals surface area contributed by atoms with Gasteiger partial charge in [0, 0.05) is 22.5 Å². The van der Waals surface area contributed by atoms with Gasteiger partial charge in [-0.15, -0.1) is 0 Å². The van der Waals surface area contributed by atoms with Crippen molar-refractivity contribution in [1.29, 1.82) is 0 Å². The van der Waals surface area contributed by atoms with Gasteiger partial charge < -0.3 is 0 Å². The zero-order valence-corrected chi connectivity index (χ0v) is 10.9. The van der Waals surface area contributed by atoms with Crippen molar-refractivity contribution in [2.45, 2.75) is 13.3 Å². The molecule has 2 aromatic rings. The fraction of sp³-hybridized carbons (Fsp3) is 0.154. The Bertz CT molecular complexity index is 598. The highest BCUT2D eigenvalue weighted by atomic mass is 35.5. The van der Waals surface area contributed by atoms with Gasteiger partial charge in [-0.25, -0.2) is 14.4 Å². The van der Waals surface area contributed by atoms with Gasteiger partial charge in [0.05, 0.1) is 6.42 Å². The summed E-state index contributed by atoms with van der Waals surface area (Å²) in [6, 6.07) is 6.00. The van der Waals surface area contributed by atoms with E-state index in [1.165, 1.54) is 24.4 Å². The second-order valence-corrected chi connectivity index (χ2v) is 4.35. The van der Waals surface area contributed by atoms with Crippen molar-refractivity contribution in [2.75, 3.05) is 5.32 Å². The number of benzene rings is 1. The van der Waals surface area contributed by atoms with Crippen LogP contribution >= 0.6 is 11.6 Å². The molecule has 0 radical (unpaired) electrons. The Morgan fingerprint density at radius 1 is 1.42 bits per heavy atom. The van der Waals surface area contributed by atoms with Crippen molar-refractivity contribution in [1.82, 2.24) is 9.97 Å². The van der Waals surface area contributed by atoms with E-state index < -0.39 is 11.7 Å². The van der Waals surface area contributed by atoms with E-state index in [0.717, 1.165) is 5.69 Å². The number of hydrogen-bond acceptors (Lipinski definition) is 3. The van der Waals surface area contributed by atoms with E-state index in [9.17, 15) is 9.18 Å². The molecule has 0 spiro atoms. The lowest BCUT2D eigenvalue weighted by Gasteiger charge is -2.06. The molecule has 6 heteroatoms. The number of rotatable bonds is 3. The molecule has 0 aliphatic carbocycles. The second-order valence-electron chi connectivity index (χ2n) is 3.95. The summed E-state index contributed by atoms with van der Waals surface area (Å²) >= 11 is 5.85. The number of aromatic nitrogens is 2. The average Bonchev–Trinajstić information content (AvgIpc) is 2.34. The number of amides is 1. The van der Waals surface area contributed by atoms with E-state index in [2.05, 4.69) is 15.3 Å². The molecule has 1 aromatic carbocycles. The number of nitrogens with zero attached hydrogens (tertiary/aromatic N) is 2. The van der Waals surface area contributed by atoms with Crippen LogP contribution in [0.15, 0.2) is 30.5 Å². The number of carbonyl (C=O) groups excluding carboxylic acids is 1. The van der Waals surface area contributed by atoms with Gasteiger partial charge in [0.25, 0.3) is 0 Å². The standard InChI is InChI=1S/C13H11ClFN3O/c1-8-5-6-16-13(17-8)18-12(19)7-9-10(14)3-2-4-11(9)15/h2-6H,7H2,1H3,(H,16,17,18,19). The van der Waals surface area contributed by atoms with Gasteiger partial charge in [0.2, 0.25) is 11.9 Å². The van der Waals surface area contributed by atoms with Crippen LogP contribution < -0.4 is 5.32 Å². The summed E-state index contributed by atoms with van der Waals surface area (Å²) in [6.45, 7) is 1.78. The first-order chi connectivity index (χ1) is 9.06. The molecule has 1 N–H and O–H groups in total. The van der Waals surface area contributed by atoms with Gasteiger partial charge in [-0.1, -0.05) is 17.7 Å². The molecule has 0 saturated heterocycles.